The molecule has 1 heterocycles. The van der Waals surface area contributed by atoms with Crippen LogP contribution >= 0.6 is 0 Å². The van der Waals surface area contributed by atoms with Crippen LogP contribution in [0.25, 0.3) is 0 Å². The molecule has 1 aliphatic rings. The highest BCUT2D eigenvalue weighted by molar-refractivity contribution is 5.82. The number of carboxylic acids is 1. The molecule has 0 saturated heterocycles. The van der Waals surface area contributed by atoms with Gasteiger partial charge in [0.15, 0.2) is 11.5 Å². The third-order valence-electron chi connectivity index (χ3n) is 2.97. The molecule has 0 radical (unpaired) electrons. The molecule has 2 rings (SSSR count). The Kier molecular flexibility index (Phi) is 4.45. The highest BCUT2D eigenvalue weighted by Gasteiger charge is 2.33. The molecule has 6 heteroatoms. The number of rotatable bonds is 5. The summed E-state index contributed by atoms with van der Waals surface area (Å²) in [5.74, 6) is -0.0117. The minimum Gasteiger partial charge on any atom is -0.482 e. The van der Waals surface area contributed by atoms with E-state index in [0.29, 0.717) is 24.5 Å². The Morgan fingerprint density at radius 1 is 1.25 bits per heavy atom. The molecule has 0 aliphatic carbocycles. The first-order valence-electron chi connectivity index (χ1n) is 6.50. The Hall–Kier alpha value is -2.24. The van der Waals surface area contributed by atoms with Crippen molar-refractivity contribution in [3.05, 3.63) is 24.3 Å². The number of benzene rings is 1. The maximum absolute atomic E-state index is 12.0. The maximum Gasteiger partial charge on any atom is 0.303 e. The van der Waals surface area contributed by atoms with Gasteiger partial charge in [-0.3, -0.25) is 9.59 Å². The van der Waals surface area contributed by atoms with Crippen LogP contribution in [0, 0.1) is 0 Å². The van der Waals surface area contributed by atoms with Gasteiger partial charge in [0.2, 0.25) is 6.10 Å². The summed E-state index contributed by atoms with van der Waals surface area (Å²) >= 11 is 0. The molecule has 20 heavy (non-hydrogen) atoms. The monoisotopic (exact) mass is 279 g/mol. The molecule has 1 aromatic carbocycles. The number of aliphatic carboxylic acids is 1. The lowest BCUT2D eigenvalue weighted by Gasteiger charge is -2.31. The van der Waals surface area contributed by atoms with Crippen molar-refractivity contribution in [1.82, 2.24) is 5.32 Å². The van der Waals surface area contributed by atoms with Gasteiger partial charge in [0.1, 0.15) is 6.10 Å². The van der Waals surface area contributed by atoms with Gasteiger partial charge in [0, 0.05) is 13.0 Å². The number of hydrogen-bond acceptors (Lipinski definition) is 4. The van der Waals surface area contributed by atoms with Gasteiger partial charge in [-0.25, -0.2) is 0 Å². The van der Waals surface area contributed by atoms with Gasteiger partial charge in [0.25, 0.3) is 5.91 Å². The zero-order chi connectivity index (χ0) is 14.5. The predicted octanol–water partition coefficient (Wildman–Crippen LogP) is 1.20. The van der Waals surface area contributed by atoms with E-state index in [4.69, 9.17) is 14.6 Å². The maximum atomic E-state index is 12.0. The standard InChI is InChI=1S/C14H17NO5/c1-9-13(14(18)15-8-4-7-12(16)17)20-11-6-3-2-5-10(11)19-9/h2-3,5-6,9,13H,4,7-8H2,1H3,(H,15,18)(H,16,17). The summed E-state index contributed by atoms with van der Waals surface area (Å²) in [6, 6.07) is 7.17. The van der Waals surface area contributed by atoms with Crippen molar-refractivity contribution in [2.24, 2.45) is 0 Å². The lowest BCUT2D eigenvalue weighted by atomic mass is 10.1. The van der Waals surface area contributed by atoms with E-state index in [1.54, 1.807) is 25.1 Å². The number of fused-ring (bicyclic) bond motifs is 1. The van der Waals surface area contributed by atoms with Crippen LogP contribution in [0.15, 0.2) is 24.3 Å². The second-order valence-corrected chi connectivity index (χ2v) is 4.60. The molecular weight excluding hydrogens is 262 g/mol. The second-order valence-electron chi connectivity index (χ2n) is 4.60. The van der Waals surface area contributed by atoms with Crippen LogP contribution in [0.1, 0.15) is 19.8 Å². The van der Waals surface area contributed by atoms with Crippen molar-refractivity contribution in [2.45, 2.75) is 32.0 Å². The zero-order valence-electron chi connectivity index (χ0n) is 11.2. The summed E-state index contributed by atoms with van der Waals surface area (Å²) in [7, 11) is 0. The van der Waals surface area contributed by atoms with Gasteiger partial charge in [-0.15, -0.1) is 0 Å². The molecule has 6 nitrogen and oxygen atoms in total. The molecular formula is C14H17NO5. The van der Waals surface area contributed by atoms with E-state index in [2.05, 4.69) is 5.32 Å². The van der Waals surface area contributed by atoms with Gasteiger partial charge < -0.3 is 19.9 Å². The first-order valence-corrected chi connectivity index (χ1v) is 6.50. The largest absolute Gasteiger partial charge is 0.482 e. The summed E-state index contributed by atoms with van der Waals surface area (Å²) in [4.78, 5) is 22.4. The van der Waals surface area contributed by atoms with E-state index in [1.165, 1.54) is 0 Å². The lowest BCUT2D eigenvalue weighted by Crippen LogP contribution is -2.49. The normalized spacial score (nSPS) is 20.2. The third-order valence-corrected chi connectivity index (χ3v) is 2.97. The highest BCUT2D eigenvalue weighted by Crippen LogP contribution is 2.33. The van der Waals surface area contributed by atoms with Crippen molar-refractivity contribution < 1.29 is 24.2 Å². The van der Waals surface area contributed by atoms with Crippen LogP contribution in [0.4, 0.5) is 0 Å². The minimum atomic E-state index is -0.876. The van der Waals surface area contributed by atoms with E-state index in [0.717, 1.165) is 0 Å². The van der Waals surface area contributed by atoms with E-state index in [1.807, 2.05) is 6.07 Å². The number of para-hydroxylation sites is 2. The fourth-order valence-electron chi connectivity index (χ4n) is 1.96. The Bertz CT molecular complexity index is 502. The van der Waals surface area contributed by atoms with Crippen LogP contribution in [0.5, 0.6) is 11.5 Å². The number of amides is 1. The fraction of sp³-hybridized carbons (Fsp3) is 0.429. The fourth-order valence-corrected chi connectivity index (χ4v) is 1.96. The summed E-state index contributed by atoms with van der Waals surface area (Å²) in [6.07, 6.45) is -0.709. The van der Waals surface area contributed by atoms with Gasteiger partial charge in [-0.1, -0.05) is 12.1 Å². The van der Waals surface area contributed by atoms with Crippen LogP contribution in [0.3, 0.4) is 0 Å². The van der Waals surface area contributed by atoms with Crippen molar-refractivity contribution in [3.8, 4) is 11.5 Å². The van der Waals surface area contributed by atoms with Gasteiger partial charge in [-0.2, -0.15) is 0 Å². The predicted molar refractivity (Wildman–Crippen MR) is 70.8 cm³/mol. The quantitative estimate of drug-likeness (QED) is 0.791. The average molecular weight is 279 g/mol. The molecule has 1 amide bonds. The highest BCUT2D eigenvalue weighted by atomic mass is 16.6. The molecule has 2 atom stereocenters. The molecule has 1 aliphatic heterocycles. The Morgan fingerprint density at radius 3 is 2.55 bits per heavy atom. The molecule has 0 aromatic heterocycles. The first kappa shape index (κ1) is 14.2. The first-order chi connectivity index (χ1) is 9.58. The molecule has 108 valence electrons. The second kappa shape index (κ2) is 6.27. The molecule has 0 bridgehead atoms. The Morgan fingerprint density at radius 2 is 1.90 bits per heavy atom. The number of carboxylic acid groups (broad SMARTS) is 1. The SMILES string of the molecule is CC1Oc2ccccc2OC1C(=O)NCCCC(=O)O. The molecule has 1 aromatic rings. The Balaban J connectivity index is 1.89. The number of nitrogens with one attached hydrogen (secondary N) is 1. The summed E-state index contributed by atoms with van der Waals surface area (Å²) in [6.45, 7) is 2.07. The molecule has 0 fully saturated rings. The molecule has 2 unspecified atom stereocenters. The molecule has 0 spiro atoms. The smallest absolute Gasteiger partial charge is 0.303 e. The Labute approximate surface area is 116 Å². The average Bonchev–Trinajstić information content (AvgIpc) is 2.42. The number of hydrogen-bond donors (Lipinski definition) is 2. The molecule has 2 N–H and O–H groups in total. The van der Waals surface area contributed by atoms with E-state index >= 15 is 0 Å². The van der Waals surface area contributed by atoms with Crippen LogP contribution in [0.2, 0.25) is 0 Å². The van der Waals surface area contributed by atoms with Crippen LogP contribution < -0.4 is 14.8 Å². The van der Waals surface area contributed by atoms with Gasteiger partial charge in [0.05, 0.1) is 0 Å². The van der Waals surface area contributed by atoms with E-state index in [-0.39, 0.29) is 12.3 Å². The summed E-state index contributed by atoms with van der Waals surface area (Å²) < 4.78 is 11.3. The van der Waals surface area contributed by atoms with Gasteiger partial charge >= 0.3 is 5.97 Å². The summed E-state index contributed by atoms with van der Waals surface area (Å²) in [5.41, 5.74) is 0. The summed E-state index contributed by atoms with van der Waals surface area (Å²) in [5, 5.41) is 11.2. The van der Waals surface area contributed by atoms with Crippen molar-refractivity contribution in [2.75, 3.05) is 6.54 Å². The molecule has 0 saturated carbocycles. The third kappa shape index (κ3) is 3.40. The number of carbonyl (C=O) groups is 2. The zero-order valence-corrected chi connectivity index (χ0v) is 11.2. The number of carbonyl (C=O) groups excluding carboxylic acids is 1. The lowest BCUT2D eigenvalue weighted by molar-refractivity contribution is -0.138. The van der Waals surface area contributed by atoms with E-state index < -0.39 is 18.2 Å². The van der Waals surface area contributed by atoms with Crippen molar-refractivity contribution in [1.29, 1.82) is 0 Å². The van der Waals surface area contributed by atoms with Gasteiger partial charge in [-0.05, 0) is 25.5 Å². The van der Waals surface area contributed by atoms with Crippen LogP contribution in [-0.2, 0) is 9.59 Å². The minimum absolute atomic E-state index is 0.0285. The van der Waals surface area contributed by atoms with Crippen molar-refractivity contribution >= 4 is 11.9 Å². The number of ether oxygens (including phenoxy) is 2. The topological polar surface area (TPSA) is 84.9 Å². The van der Waals surface area contributed by atoms with E-state index in [9.17, 15) is 9.59 Å². The van der Waals surface area contributed by atoms with Crippen LogP contribution in [-0.4, -0.2) is 35.7 Å². The van der Waals surface area contributed by atoms with Crippen molar-refractivity contribution in [3.63, 3.8) is 0 Å².